The van der Waals surface area contributed by atoms with Gasteiger partial charge in [-0.25, -0.2) is 15.4 Å². The monoisotopic (exact) mass is 647 g/mol. The molecule has 0 unspecified atom stereocenters. The van der Waals surface area contributed by atoms with Crippen LogP contribution in [0.15, 0.2) is 42.7 Å². The fourth-order valence-electron chi connectivity index (χ4n) is 7.62. The molecule has 3 aliphatic carbocycles. The highest BCUT2D eigenvalue weighted by molar-refractivity contribution is 6.36. The maximum Gasteiger partial charge on any atom is 0.318 e. The Morgan fingerprint density at radius 3 is 2.70 bits per heavy atom. The van der Waals surface area contributed by atoms with Crippen molar-refractivity contribution in [3.63, 3.8) is 0 Å². The first kappa shape index (κ1) is 30.6. The molecule has 3 aromatic rings. The summed E-state index contributed by atoms with van der Waals surface area (Å²) in [5.41, 5.74) is 2.58. The fourth-order valence-corrected chi connectivity index (χ4v) is 7.89. The molecule has 1 amide bonds. The van der Waals surface area contributed by atoms with Crippen LogP contribution in [0.3, 0.4) is 0 Å². The van der Waals surface area contributed by atoms with Crippen LogP contribution in [0.2, 0.25) is 5.02 Å². The molecule has 2 aromatic carbocycles. The summed E-state index contributed by atoms with van der Waals surface area (Å²) in [4.78, 5) is 33.8. The normalized spacial score (nSPS) is 23.4. The summed E-state index contributed by atoms with van der Waals surface area (Å²) in [5.74, 6) is 0.0504. The summed E-state index contributed by atoms with van der Waals surface area (Å²) in [6.07, 6.45) is 3.28. The van der Waals surface area contributed by atoms with Gasteiger partial charge in [0, 0.05) is 55.4 Å². The Bertz CT molecular complexity index is 1730. The molecule has 0 spiro atoms. The Balaban J connectivity index is 1.18. The minimum absolute atomic E-state index is 0.0355. The van der Waals surface area contributed by atoms with Crippen molar-refractivity contribution in [2.24, 2.45) is 11.8 Å². The molecule has 5 aliphatic rings. The Kier molecular flexibility index (Phi) is 8.19. The molecule has 1 saturated heterocycles. The van der Waals surface area contributed by atoms with Crippen molar-refractivity contribution >= 4 is 39.8 Å². The third-order valence-electron chi connectivity index (χ3n) is 10.2. The SMILES string of the molecule is [C-]#[N+]C[C@H]1CN(c2nc(OCCN(C)C3C4CC3C4)nc3c2CCN(c2cccc4ccc(F)c(Cl)c24)C3)CCN1C(=O)C(=C)F. The van der Waals surface area contributed by atoms with Crippen LogP contribution in [-0.2, 0) is 17.8 Å². The third kappa shape index (κ3) is 5.41. The van der Waals surface area contributed by atoms with Gasteiger partial charge in [0.25, 0.3) is 5.91 Å². The van der Waals surface area contributed by atoms with Gasteiger partial charge in [0.15, 0.2) is 5.83 Å². The van der Waals surface area contributed by atoms with E-state index in [4.69, 9.17) is 32.9 Å². The second-order valence-corrected chi connectivity index (χ2v) is 13.2. The number of aromatic nitrogens is 2. The topological polar surface area (TPSA) is 69.4 Å². The largest absolute Gasteiger partial charge is 0.462 e. The second kappa shape index (κ2) is 12.3. The lowest BCUT2D eigenvalue weighted by molar-refractivity contribution is -0.131. The fraction of sp³-hybridized carbons (Fsp3) is 0.471. The van der Waals surface area contributed by atoms with E-state index < -0.39 is 23.6 Å². The molecule has 1 aromatic heterocycles. The number of piperazine rings is 1. The van der Waals surface area contributed by atoms with E-state index in [1.807, 2.05) is 18.2 Å². The van der Waals surface area contributed by atoms with E-state index in [2.05, 4.69) is 33.2 Å². The van der Waals surface area contributed by atoms with Gasteiger partial charge in [-0.05, 0) is 55.7 Å². The highest BCUT2D eigenvalue weighted by atomic mass is 35.5. The number of rotatable bonds is 9. The maximum absolute atomic E-state index is 14.6. The first-order valence-corrected chi connectivity index (χ1v) is 16.2. The first-order valence-electron chi connectivity index (χ1n) is 15.8. The lowest BCUT2D eigenvalue weighted by Crippen LogP contribution is -2.63. The van der Waals surface area contributed by atoms with Crippen molar-refractivity contribution in [1.82, 2.24) is 19.8 Å². The number of likely N-dealkylation sites (N-methyl/N-ethyl adjacent to an activating group) is 1. The number of benzene rings is 2. The molecule has 240 valence electrons. The lowest BCUT2D eigenvalue weighted by Gasteiger charge is -2.61. The zero-order valence-corrected chi connectivity index (χ0v) is 26.5. The van der Waals surface area contributed by atoms with Gasteiger partial charge in [-0.3, -0.25) is 9.69 Å². The van der Waals surface area contributed by atoms with Gasteiger partial charge in [0.1, 0.15) is 24.3 Å². The van der Waals surface area contributed by atoms with Crippen molar-refractivity contribution in [2.75, 3.05) is 62.7 Å². The minimum atomic E-state index is -1.03. The van der Waals surface area contributed by atoms with Crippen LogP contribution in [0.25, 0.3) is 15.6 Å². The third-order valence-corrected chi connectivity index (χ3v) is 10.6. The molecule has 8 rings (SSSR count). The van der Waals surface area contributed by atoms with Gasteiger partial charge in [-0.15, -0.1) is 0 Å². The average Bonchev–Trinajstić information content (AvgIpc) is 3.00. The molecule has 2 bridgehead atoms. The van der Waals surface area contributed by atoms with Crippen LogP contribution in [0.1, 0.15) is 24.1 Å². The number of fused-ring (bicyclic) bond motifs is 2. The molecule has 9 nitrogen and oxygen atoms in total. The number of ether oxygens (including phenoxy) is 1. The summed E-state index contributed by atoms with van der Waals surface area (Å²) in [5, 5.41) is 1.60. The van der Waals surface area contributed by atoms with Crippen molar-refractivity contribution in [2.45, 2.75) is 37.9 Å². The second-order valence-electron chi connectivity index (χ2n) is 12.8. The number of anilines is 2. The Morgan fingerprint density at radius 2 is 1.98 bits per heavy atom. The van der Waals surface area contributed by atoms with Crippen LogP contribution in [0.5, 0.6) is 6.01 Å². The smallest absolute Gasteiger partial charge is 0.318 e. The molecule has 2 aliphatic heterocycles. The molecule has 4 fully saturated rings. The molecular formula is C34H36ClF2N7O2. The van der Waals surface area contributed by atoms with Crippen LogP contribution in [0, 0.1) is 24.2 Å². The molecule has 3 heterocycles. The molecular weight excluding hydrogens is 612 g/mol. The van der Waals surface area contributed by atoms with Gasteiger partial charge in [-0.1, -0.05) is 36.4 Å². The highest BCUT2D eigenvalue weighted by Gasteiger charge is 2.53. The Hall–Kier alpha value is -4.01. The summed E-state index contributed by atoms with van der Waals surface area (Å²) in [7, 11) is 2.14. The van der Waals surface area contributed by atoms with Crippen molar-refractivity contribution in [3.8, 4) is 6.01 Å². The van der Waals surface area contributed by atoms with Crippen LogP contribution >= 0.6 is 11.6 Å². The van der Waals surface area contributed by atoms with E-state index in [1.54, 1.807) is 6.07 Å². The maximum atomic E-state index is 14.6. The quantitative estimate of drug-likeness (QED) is 0.236. The molecule has 0 radical (unpaired) electrons. The van der Waals surface area contributed by atoms with Crippen LogP contribution < -0.4 is 14.5 Å². The number of carbonyl (C=O) groups is 1. The zero-order valence-electron chi connectivity index (χ0n) is 25.8. The number of halogens is 3. The zero-order chi connectivity index (χ0) is 32.1. The van der Waals surface area contributed by atoms with E-state index in [0.29, 0.717) is 56.5 Å². The van der Waals surface area contributed by atoms with Gasteiger partial charge >= 0.3 is 6.01 Å². The number of amides is 1. The number of carbonyl (C=O) groups excluding carboxylic acids is 1. The van der Waals surface area contributed by atoms with E-state index in [0.717, 1.165) is 40.7 Å². The van der Waals surface area contributed by atoms with Gasteiger partial charge in [0.05, 0.1) is 17.3 Å². The summed E-state index contributed by atoms with van der Waals surface area (Å²) in [6.45, 7) is 13.9. The summed E-state index contributed by atoms with van der Waals surface area (Å²) < 4.78 is 34.6. The molecule has 12 heteroatoms. The Labute approximate surface area is 272 Å². The first-order chi connectivity index (χ1) is 22.2. The van der Waals surface area contributed by atoms with Crippen molar-refractivity contribution in [1.29, 1.82) is 0 Å². The van der Waals surface area contributed by atoms with Crippen LogP contribution in [0.4, 0.5) is 20.3 Å². The molecule has 0 N–H and O–H groups in total. The highest BCUT2D eigenvalue weighted by Crippen LogP contribution is 2.55. The van der Waals surface area contributed by atoms with Crippen molar-refractivity contribution in [3.05, 3.63) is 76.3 Å². The predicted octanol–water partition coefficient (Wildman–Crippen LogP) is 5.12. The van der Waals surface area contributed by atoms with Gasteiger partial charge < -0.3 is 24.3 Å². The van der Waals surface area contributed by atoms with E-state index in [9.17, 15) is 13.6 Å². The van der Waals surface area contributed by atoms with Gasteiger partial charge in [-0.2, -0.15) is 9.97 Å². The summed E-state index contributed by atoms with van der Waals surface area (Å²) in [6, 6.07) is 9.31. The van der Waals surface area contributed by atoms with Gasteiger partial charge in [0.2, 0.25) is 6.54 Å². The van der Waals surface area contributed by atoms with E-state index >= 15 is 0 Å². The van der Waals surface area contributed by atoms with E-state index in [-0.39, 0.29) is 24.1 Å². The predicted molar refractivity (Wildman–Crippen MR) is 173 cm³/mol. The summed E-state index contributed by atoms with van der Waals surface area (Å²) >= 11 is 6.49. The Morgan fingerprint density at radius 1 is 1.17 bits per heavy atom. The van der Waals surface area contributed by atoms with E-state index in [1.165, 1.54) is 23.8 Å². The number of nitrogens with zero attached hydrogens (tertiary/aromatic N) is 7. The standard InChI is InChI=1S/C34H36ClF2N7O2/c1-20(36)33(45)44-12-11-43(18-24(44)17-38-2)32-25-9-10-42(28-6-4-5-21-7-8-26(37)30(35)29(21)28)19-27(25)39-34(40-32)46-14-13-41(3)31-22-15-23(31)16-22/h4-8,22-24,31H,1,9-19H2,3H3/t22?,23?,24-,31?/m0/s1. The lowest BCUT2D eigenvalue weighted by atomic mass is 9.51. The van der Waals surface area contributed by atoms with Crippen LogP contribution in [-0.4, -0.2) is 90.7 Å². The molecule has 1 atom stereocenters. The minimum Gasteiger partial charge on any atom is -0.462 e. The average molecular weight is 648 g/mol. The van der Waals surface area contributed by atoms with Crippen molar-refractivity contribution < 1.29 is 18.3 Å². The number of hydrogen-bond donors (Lipinski definition) is 0. The number of hydrogen-bond acceptors (Lipinski definition) is 7. The molecule has 3 saturated carbocycles. The molecule has 46 heavy (non-hydrogen) atoms.